The highest BCUT2D eigenvalue weighted by Gasteiger charge is 2.39. The maximum atomic E-state index is 13.0. The fourth-order valence-electron chi connectivity index (χ4n) is 4.18. The predicted octanol–water partition coefficient (Wildman–Crippen LogP) is 2.57. The van der Waals surface area contributed by atoms with Crippen LogP contribution >= 0.6 is 0 Å². The number of aromatic nitrogens is 2. The molecule has 3 heterocycles. The zero-order valence-electron chi connectivity index (χ0n) is 14.1. The van der Waals surface area contributed by atoms with Gasteiger partial charge < -0.3 is 9.80 Å². The second kappa shape index (κ2) is 6.40. The normalized spacial score (nSPS) is 24.6. The first-order valence-corrected chi connectivity index (χ1v) is 8.86. The fraction of sp³-hybridized carbons (Fsp3) is 0.474. The number of likely N-dealkylation sites (tertiary alicyclic amines) is 2. The largest absolute Gasteiger partial charge is 0.333 e. The second-order valence-electron chi connectivity index (χ2n) is 6.88. The van der Waals surface area contributed by atoms with Crippen molar-refractivity contribution in [3.63, 3.8) is 0 Å². The molecule has 5 nitrogen and oxygen atoms in total. The fourth-order valence-corrected chi connectivity index (χ4v) is 4.18. The van der Waals surface area contributed by atoms with Crippen molar-refractivity contribution in [1.29, 1.82) is 0 Å². The minimum absolute atomic E-state index is 0.0764. The Balaban J connectivity index is 1.54. The summed E-state index contributed by atoms with van der Waals surface area (Å²) in [5.74, 6) is 0.0764. The highest BCUT2D eigenvalue weighted by molar-refractivity contribution is 5.92. The molecule has 0 radical (unpaired) electrons. The predicted molar refractivity (Wildman–Crippen MR) is 93.3 cm³/mol. The standard InChI is InChI=1S/C19H24N4O/c1-21-12-5-9-17(21)18-10-6-13-22(18)19(24)16-11-14-23(20-16)15-7-3-2-4-8-15/h2-4,7-8,11,14,17-18H,5-6,9-10,12-13H2,1H3. The quantitative estimate of drug-likeness (QED) is 0.871. The maximum absolute atomic E-state index is 13.0. The molecule has 0 N–H and O–H groups in total. The molecule has 1 amide bonds. The van der Waals surface area contributed by atoms with Gasteiger partial charge >= 0.3 is 0 Å². The van der Waals surface area contributed by atoms with Crippen LogP contribution in [0.5, 0.6) is 0 Å². The van der Waals surface area contributed by atoms with Crippen LogP contribution in [0.4, 0.5) is 0 Å². The van der Waals surface area contributed by atoms with Gasteiger partial charge in [-0.1, -0.05) is 18.2 Å². The van der Waals surface area contributed by atoms with Crippen molar-refractivity contribution < 1.29 is 4.79 Å². The number of para-hydroxylation sites is 1. The van der Waals surface area contributed by atoms with E-state index in [9.17, 15) is 4.79 Å². The van der Waals surface area contributed by atoms with E-state index in [1.807, 2.05) is 42.6 Å². The van der Waals surface area contributed by atoms with E-state index < -0.39 is 0 Å². The van der Waals surface area contributed by atoms with E-state index in [1.54, 1.807) is 4.68 Å². The number of carbonyl (C=O) groups is 1. The summed E-state index contributed by atoms with van der Waals surface area (Å²) < 4.78 is 1.78. The first-order valence-electron chi connectivity index (χ1n) is 8.86. The van der Waals surface area contributed by atoms with Gasteiger partial charge in [-0.05, 0) is 57.5 Å². The van der Waals surface area contributed by atoms with Crippen LogP contribution in [0.15, 0.2) is 42.6 Å². The lowest BCUT2D eigenvalue weighted by molar-refractivity contribution is 0.0658. The first kappa shape index (κ1) is 15.4. The van der Waals surface area contributed by atoms with Crippen LogP contribution in [0, 0.1) is 0 Å². The number of likely N-dealkylation sites (N-methyl/N-ethyl adjacent to an activating group) is 1. The average molecular weight is 324 g/mol. The van der Waals surface area contributed by atoms with Crippen molar-refractivity contribution in [2.24, 2.45) is 0 Å². The number of nitrogens with zero attached hydrogens (tertiary/aromatic N) is 4. The Kier molecular flexibility index (Phi) is 4.10. The lowest BCUT2D eigenvalue weighted by Crippen LogP contribution is -2.47. The maximum Gasteiger partial charge on any atom is 0.274 e. The van der Waals surface area contributed by atoms with Crippen LogP contribution in [0.1, 0.15) is 36.2 Å². The van der Waals surface area contributed by atoms with Crippen LogP contribution in [0.3, 0.4) is 0 Å². The molecule has 2 unspecified atom stereocenters. The third-order valence-corrected chi connectivity index (χ3v) is 5.41. The third-order valence-electron chi connectivity index (χ3n) is 5.41. The van der Waals surface area contributed by atoms with Crippen molar-refractivity contribution >= 4 is 5.91 Å². The van der Waals surface area contributed by atoms with Gasteiger partial charge in [0, 0.05) is 24.8 Å². The molecule has 2 fully saturated rings. The number of benzene rings is 1. The van der Waals surface area contributed by atoms with E-state index in [4.69, 9.17) is 0 Å². The summed E-state index contributed by atoms with van der Waals surface area (Å²) in [4.78, 5) is 17.5. The summed E-state index contributed by atoms with van der Waals surface area (Å²) in [7, 11) is 2.18. The van der Waals surface area contributed by atoms with Gasteiger partial charge in [-0.3, -0.25) is 4.79 Å². The molecule has 126 valence electrons. The Bertz CT molecular complexity index is 711. The van der Waals surface area contributed by atoms with E-state index in [1.165, 1.54) is 12.8 Å². The van der Waals surface area contributed by atoms with Gasteiger partial charge in [0.15, 0.2) is 5.69 Å². The van der Waals surface area contributed by atoms with Crippen LogP contribution in [0.25, 0.3) is 5.69 Å². The summed E-state index contributed by atoms with van der Waals surface area (Å²) >= 11 is 0. The zero-order valence-corrected chi connectivity index (χ0v) is 14.1. The lowest BCUT2D eigenvalue weighted by atomic mass is 10.0. The summed E-state index contributed by atoms with van der Waals surface area (Å²) in [6.45, 7) is 2.00. The second-order valence-corrected chi connectivity index (χ2v) is 6.88. The summed E-state index contributed by atoms with van der Waals surface area (Å²) in [5.41, 5.74) is 1.52. The summed E-state index contributed by atoms with van der Waals surface area (Å²) in [5, 5.41) is 4.52. The van der Waals surface area contributed by atoms with Gasteiger partial charge in [0.25, 0.3) is 5.91 Å². The minimum Gasteiger partial charge on any atom is -0.333 e. The monoisotopic (exact) mass is 324 g/mol. The topological polar surface area (TPSA) is 41.4 Å². The number of hydrogen-bond donors (Lipinski definition) is 0. The zero-order chi connectivity index (χ0) is 16.5. The molecule has 0 saturated carbocycles. The highest BCUT2D eigenvalue weighted by Crippen LogP contribution is 2.30. The van der Waals surface area contributed by atoms with Crippen LogP contribution in [0.2, 0.25) is 0 Å². The van der Waals surface area contributed by atoms with Crippen molar-refractivity contribution in [3.05, 3.63) is 48.3 Å². The minimum atomic E-state index is 0.0764. The van der Waals surface area contributed by atoms with E-state index >= 15 is 0 Å². The number of rotatable bonds is 3. The van der Waals surface area contributed by atoms with Crippen LogP contribution < -0.4 is 0 Å². The van der Waals surface area contributed by atoms with Gasteiger partial charge in [-0.2, -0.15) is 5.10 Å². The van der Waals surface area contributed by atoms with E-state index in [2.05, 4.69) is 21.9 Å². The van der Waals surface area contributed by atoms with Gasteiger partial charge in [0.1, 0.15) is 0 Å². The molecule has 2 atom stereocenters. The Morgan fingerprint density at radius 2 is 1.79 bits per heavy atom. The SMILES string of the molecule is CN1CCCC1C1CCCN1C(=O)c1ccn(-c2ccccc2)n1. The molecule has 2 aliphatic rings. The Hall–Kier alpha value is -2.14. The van der Waals surface area contributed by atoms with Gasteiger partial charge in [-0.25, -0.2) is 4.68 Å². The Morgan fingerprint density at radius 1 is 1.04 bits per heavy atom. The molecular weight excluding hydrogens is 300 g/mol. The molecular formula is C19H24N4O. The smallest absolute Gasteiger partial charge is 0.274 e. The summed E-state index contributed by atoms with van der Waals surface area (Å²) in [6, 6.07) is 12.6. The van der Waals surface area contributed by atoms with Crippen LogP contribution in [-0.4, -0.2) is 57.7 Å². The highest BCUT2D eigenvalue weighted by atomic mass is 16.2. The Morgan fingerprint density at radius 3 is 2.54 bits per heavy atom. The third kappa shape index (κ3) is 2.73. The average Bonchev–Trinajstić information content (AvgIpc) is 3.35. The molecule has 1 aromatic heterocycles. The molecule has 0 aliphatic carbocycles. The molecule has 4 rings (SSSR count). The molecule has 5 heteroatoms. The molecule has 2 saturated heterocycles. The van der Waals surface area contributed by atoms with E-state index in [0.29, 0.717) is 17.8 Å². The number of hydrogen-bond acceptors (Lipinski definition) is 3. The van der Waals surface area contributed by atoms with Crippen molar-refractivity contribution in [1.82, 2.24) is 19.6 Å². The lowest BCUT2D eigenvalue weighted by Gasteiger charge is -2.32. The molecule has 24 heavy (non-hydrogen) atoms. The van der Waals surface area contributed by atoms with Gasteiger partial charge in [0.2, 0.25) is 0 Å². The Labute approximate surface area is 142 Å². The summed E-state index contributed by atoms with van der Waals surface area (Å²) in [6.07, 6.45) is 6.52. The van der Waals surface area contributed by atoms with E-state index in [0.717, 1.165) is 31.6 Å². The van der Waals surface area contributed by atoms with Crippen molar-refractivity contribution in [2.45, 2.75) is 37.8 Å². The van der Waals surface area contributed by atoms with Gasteiger partial charge in [0.05, 0.1) is 5.69 Å². The van der Waals surface area contributed by atoms with E-state index in [-0.39, 0.29) is 5.91 Å². The number of amides is 1. The molecule has 0 spiro atoms. The first-order chi connectivity index (χ1) is 11.7. The van der Waals surface area contributed by atoms with Crippen molar-refractivity contribution in [3.8, 4) is 5.69 Å². The molecule has 1 aromatic carbocycles. The molecule has 2 aromatic rings. The number of carbonyl (C=O) groups excluding carboxylic acids is 1. The van der Waals surface area contributed by atoms with Gasteiger partial charge in [-0.15, -0.1) is 0 Å². The molecule has 2 aliphatic heterocycles. The van der Waals surface area contributed by atoms with Crippen molar-refractivity contribution in [2.75, 3.05) is 20.1 Å². The van der Waals surface area contributed by atoms with Crippen LogP contribution in [-0.2, 0) is 0 Å². The molecule has 0 bridgehead atoms.